The Kier molecular flexibility index (Phi) is 5.77. The molecular weight excluding hydrogens is 322 g/mol. The molecule has 3 rings (SSSR count). The molecule has 1 aliphatic heterocycles. The number of benzene rings is 2. The number of likely N-dealkylation sites (tertiary alicyclic amines) is 1. The molecule has 1 heterocycles. The quantitative estimate of drug-likeness (QED) is 0.689. The number of rotatable bonds is 5. The van der Waals surface area contributed by atoms with Gasteiger partial charge in [0, 0.05) is 24.2 Å². The molecule has 0 aromatic heterocycles. The van der Waals surface area contributed by atoms with Crippen molar-refractivity contribution in [3.63, 3.8) is 0 Å². The van der Waals surface area contributed by atoms with Crippen LogP contribution in [-0.4, -0.2) is 23.8 Å². The van der Waals surface area contributed by atoms with E-state index in [9.17, 15) is 4.79 Å². The van der Waals surface area contributed by atoms with Crippen molar-refractivity contribution in [2.24, 2.45) is 11.8 Å². The van der Waals surface area contributed by atoms with Crippen molar-refractivity contribution in [1.29, 1.82) is 0 Å². The molecule has 0 bridgehead atoms. The van der Waals surface area contributed by atoms with Crippen LogP contribution in [0.4, 0.5) is 0 Å². The second-order valence-electron chi connectivity index (χ2n) is 7.86. The standard InChI is InChI=1S/C23H29NO2/c1-16-5-7-21(8-6-16)23(24-14-17(2)13-18(3)15-24)26-22-11-9-20(10-12-22)19(4)25/h5-12,17-18,23H,13-15H2,1-4H3/t17-,18-,23?/m1/s1. The molecule has 0 N–H and O–H groups in total. The van der Waals surface area contributed by atoms with Gasteiger partial charge in [0.1, 0.15) is 5.75 Å². The normalized spacial score (nSPS) is 22.0. The molecule has 3 heteroatoms. The van der Waals surface area contributed by atoms with Crippen LogP contribution in [-0.2, 0) is 0 Å². The van der Waals surface area contributed by atoms with Crippen LogP contribution in [0.1, 0.15) is 54.9 Å². The Morgan fingerprint density at radius 1 is 1.00 bits per heavy atom. The van der Waals surface area contributed by atoms with Crippen LogP contribution >= 0.6 is 0 Å². The van der Waals surface area contributed by atoms with Crippen molar-refractivity contribution >= 4 is 5.78 Å². The molecule has 1 fully saturated rings. The van der Waals surface area contributed by atoms with Crippen molar-refractivity contribution < 1.29 is 9.53 Å². The van der Waals surface area contributed by atoms with Crippen molar-refractivity contribution in [3.05, 3.63) is 65.2 Å². The fourth-order valence-electron chi connectivity index (χ4n) is 3.88. The Morgan fingerprint density at radius 3 is 2.12 bits per heavy atom. The number of ether oxygens (including phenoxy) is 1. The molecule has 3 atom stereocenters. The van der Waals surface area contributed by atoms with Crippen LogP contribution in [0.5, 0.6) is 5.75 Å². The Hall–Kier alpha value is -2.13. The molecule has 138 valence electrons. The molecule has 0 aliphatic carbocycles. The highest BCUT2D eigenvalue weighted by Crippen LogP contribution is 2.31. The zero-order chi connectivity index (χ0) is 18.7. The third kappa shape index (κ3) is 4.53. The number of carbonyl (C=O) groups excluding carboxylic acids is 1. The van der Waals surface area contributed by atoms with Gasteiger partial charge in [-0.2, -0.15) is 0 Å². The van der Waals surface area contributed by atoms with E-state index in [1.54, 1.807) is 6.92 Å². The largest absolute Gasteiger partial charge is 0.471 e. The number of carbonyl (C=O) groups is 1. The number of ketones is 1. The molecule has 1 saturated heterocycles. The number of hydrogen-bond acceptors (Lipinski definition) is 3. The highest BCUT2D eigenvalue weighted by molar-refractivity contribution is 5.94. The van der Waals surface area contributed by atoms with Crippen LogP contribution in [0.15, 0.2) is 48.5 Å². The summed E-state index contributed by atoms with van der Waals surface area (Å²) in [5, 5.41) is 0. The van der Waals surface area contributed by atoms with Gasteiger partial charge in [-0.15, -0.1) is 0 Å². The zero-order valence-electron chi connectivity index (χ0n) is 16.2. The minimum absolute atomic E-state index is 0.0744. The molecule has 2 aromatic carbocycles. The second kappa shape index (κ2) is 8.05. The van der Waals surface area contributed by atoms with Gasteiger partial charge < -0.3 is 4.74 Å². The maximum atomic E-state index is 11.5. The van der Waals surface area contributed by atoms with Crippen molar-refractivity contribution in [1.82, 2.24) is 4.90 Å². The van der Waals surface area contributed by atoms with Crippen molar-refractivity contribution in [2.75, 3.05) is 13.1 Å². The lowest BCUT2D eigenvalue weighted by molar-refractivity contribution is -0.0175. The van der Waals surface area contributed by atoms with Gasteiger partial charge in [0.05, 0.1) is 0 Å². The van der Waals surface area contributed by atoms with E-state index < -0.39 is 0 Å². The maximum Gasteiger partial charge on any atom is 0.179 e. The lowest BCUT2D eigenvalue weighted by Gasteiger charge is -2.40. The van der Waals surface area contributed by atoms with E-state index in [0.717, 1.165) is 18.8 Å². The lowest BCUT2D eigenvalue weighted by Crippen LogP contribution is -2.43. The van der Waals surface area contributed by atoms with Crippen LogP contribution in [0, 0.1) is 18.8 Å². The van der Waals surface area contributed by atoms with E-state index in [4.69, 9.17) is 4.74 Å². The molecule has 26 heavy (non-hydrogen) atoms. The summed E-state index contributed by atoms with van der Waals surface area (Å²) in [5.41, 5.74) is 3.13. The molecule has 0 amide bonds. The van der Waals surface area contributed by atoms with E-state index in [1.807, 2.05) is 24.3 Å². The van der Waals surface area contributed by atoms with Crippen LogP contribution in [0.3, 0.4) is 0 Å². The van der Waals surface area contributed by atoms with Crippen LogP contribution < -0.4 is 4.74 Å². The Labute approximate surface area is 157 Å². The highest BCUT2D eigenvalue weighted by atomic mass is 16.5. The number of Topliss-reactive ketones (excluding diaryl/α,β-unsaturated/α-hetero) is 1. The number of piperidine rings is 1. The monoisotopic (exact) mass is 351 g/mol. The highest BCUT2D eigenvalue weighted by Gasteiger charge is 2.29. The topological polar surface area (TPSA) is 29.5 Å². The van der Waals surface area contributed by atoms with E-state index in [0.29, 0.717) is 17.4 Å². The molecule has 0 saturated carbocycles. The van der Waals surface area contributed by atoms with E-state index in [1.165, 1.54) is 17.5 Å². The van der Waals surface area contributed by atoms with Gasteiger partial charge >= 0.3 is 0 Å². The lowest BCUT2D eigenvalue weighted by atomic mass is 9.91. The van der Waals surface area contributed by atoms with Crippen molar-refractivity contribution in [2.45, 2.75) is 40.3 Å². The molecule has 0 spiro atoms. The first kappa shape index (κ1) is 18.7. The third-order valence-electron chi connectivity index (χ3n) is 5.10. The fourth-order valence-corrected chi connectivity index (χ4v) is 3.88. The summed E-state index contributed by atoms with van der Waals surface area (Å²) >= 11 is 0. The van der Waals surface area contributed by atoms with Gasteiger partial charge in [-0.1, -0.05) is 43.7 Å². The molecular formula is C23H29NO2. The summed E-state index contributed by atoms with van der Waals surface area (Å²) in [7, 11) is 0. The second-order valence-corrected chi connectivity index (χ2v) is 7.86. The molecule has 3 nitrogen and oxygen atoms in total. The van der Waals surface area contributed by atoms with Crippen molar-refractivity contribution in [3.8, 4) is 5.75 Å². The predicted molar refractivity (Wildman–Crippen MR) is 106 cm³/mol. The fraction of sp³-hybridized carbons (Fsp3) is 0.435. The van der Waals surface area contributed by atoms with Gasteiger partial charge in [-0.3, -0.25) is 9.69 Å². The van der Waals surface area contributed by atoms with Gasteiger partial charge in [0.15, 0.2) is 12.0 Å². The van der Waals surface area contributed by atoms with E-state index in [-0.39, 0.29) is 12.0 Å². The average molecular weight is 351 g/mol. The Morgan fingerprint density at radius 2 is 1.58 bits per heavy atom. The van der Waals surface area contributed by atoms with Crippen LogP contribution in [0.2, 0.25) is 0 Å². The van der Waals surface area contributed by atoms with E-state index in [2.05, 4.69) is 49.9 Å². The molecule has 0 radical (unpaired) electrons. The Bertz CT molecular complexity index is 726. The predicted octanol–water partition coefficient (Wildman–Crippen LogP) is 5.25. The molecule has 2 aromatic rings. The first-order valence-corrected chi connectivity index (χ1v) is 9.50. The maximum absolute atomic E-state index is 11.5. The number of hydrogen-bond donors (Lipinski definition) is 0. The van der Waals surface area contributed by atoms with E-state index >= 15 is 0 Å². The number of aryl methyl sites for hydroxylation is 1. The zero-order valence-corrected chi connectivity index (χ0v) is 16.2. The van der Waals surface area contributed by atoms with Crippen LogP contribution in [0.25, 0.3) is 0 Å². The minimum atomic E-state index is -0.107. The summed E-state index contributed by atoms with van der Waals surface area (Å²) in [6.45, 7) is 10.4. The summed E-state index contributed by atoms with van der Waals surface area (Å²) < 4.78 is 6.43. The van der Waals surface area contributed by atoms with Gasteiger partial charge in [-0.25, -0.2) is 0 Å². The summed E-state index contributed by atoms with van der Waals surface area (Å²) in [4.78, 5) is 13.9. The number of nitrogens with zero attached hydrogens (tertiary/aromatic N) is 1. The van der Waals surface area contributed by atoms with Gasteiger partial charge in [0.2, 0.25) is 0 Å². The first-order valence-electron chi connectivity index (χ1n) is 9.50. The summed E-state index contributed by atoms with van der Waals surface area (Å²) in [6, 6.07) is 16.1. The summed E-state index contributed by atoms with van der Waals surface area (Å²) in [5.74, 6) is 2.20. The Balaban J connectivity index is 1.87. The average Bonchev–Trinajstić information content (AvgIpc) is 2.60. The third-order valence-corrected chi connectivity index (χ3v) is 5.10. The van der Waals surface area contributed by atoms with Gasteiger partial charge in [-0.05, 0) is 56.4 Å². The smallest absolute Gasteiger partial charge is 0.179 e. The first-order chi connectivity index (χ1) is 12.4. The minimum Gasteiger partial charge on any atom is -0.471 e. The molecule has 1 unspecified atom stereocenters. The molecule has 1 aliphatic rings. The van der Waals surface area contributed by atoms with Gasteiger partial charge in [0.25, 0.3) is 0 Å². The summed E-state index contributed by atoms with van der Waals surface area (Å²) in [6.07, 6.45) is 1.16. The SMILES string of the molecule is CC(=O)c1ccc(OC(c2ccc(C)cc2)N2C[C@H](C)C[C@@H](C)C2)cc1.